The van der Waals surface area contributed by atoms with Gasteiger partial charge in [-0.25, -0.2) is 4.39 Å². The van der Waals surface area contributed by atoms with Crippen LogP contribution < -0.4 is 19.4 Å². The van der Waals surface area contributed by atoms with Crippen LogP contribution in [0, 0.1) is 0 Å². The molecule has 238 valence electrons. The second kappa shape index (κ2) is 12.2. The minimum absolute atomic E-state index is 0.0361. The number of nitrogens with one attached hydrogen (secondary N) is 1. The minimum atomic E-state index is -2.01. The van der Waals surface area contributed by atoms with Crippen LogP contribution in [0.15, 0.2) is 36.4 Å². The number of hydrogen-bond donors (Lipinski definition) is 1. The summed E-state index contributed by atoms with van der Waals surface area (Å²) in [6, 6.07) is 14.0. The van der Waals surface area contributed by atoms with Gasteiger partial charge in [0.2, 0.25) is 8.32 Å². The van der Waals surface area contributed by atoms with E-state index in [0.29, 0.717) is 37.5 Å². The quantitative estimate of drug-likeness (QED) is 0.303. The fourth-order valence-electron chi connectivity index (χ4n) is 6.83. The van der Waals surface area contributed by atoms with Crippen molar-refractivity contribution in [3.05, 3.63) is 53.2 Å². The van der Waals surface area contributed by atoms with E-state index in [-0.39, 0.29) is 11.1 Å². The molecule has 44 heavy (non-hydrogen) atoms. The SMILES string of the molecule is C[C@H]1CNCCN1c1nc(OC[C@@H]2C[C@H](F)CN2C)nc2c1CCC(c1cc(O[Si](C)(C)C(C)(C)C)cc3ccccc13)C2. The van der Waals surface area contributed by atoms with Gasteiger partial charge in [0, 0.05) is 43.8 Å². The van der Waals surface area contributed by atoms with E-state index in [1.165, 1.54) is 21.9 Å². The lowest BCUT2D eigenvalue weighted by atomic mass is 9.80. The van der Waals surface area contributed by atoms with E-state index in [9.17, 15) is 4.39 Å². The lowest BCUT2D eigenvalue weighted by Crippen LogP contribution is -2.50. The number of aromatic nitrogens is 2. The number of ether oxygens (including phenoxy) is 1. The minimum Gasteiger partial charge on any atom is -0.543 e. The number of fused-ring (bicyclic) bond motifs is 2. The average molecular weight is 620 g/mol. The van der Waals surface area contributed by atoms with Gasteiger partial charge in [-0.2, -0.15) is 9.97 Å². The molecule has 1 aromatic heterocycles. The summed E-state index contributed by atoms with van der Waals surface area (Å²) in [7, 11) is -0.0432. The highest BCUT2D eigenvalue weighted by Crippen LogP contribution is 2.43. The second-order valence-corrected chi connectivity index (χ2v) is 19.5. The molecule has 6 rings (SSSR count). The van der Waals surface area contributed by atoms with Gasteiger partial charge in [0.05, 0.1) is 5.69 Å². The summed E-state index contributed by atoms with van der Waals surface area (Å²) in [5, 5.41) is 6.13. The molecule has 0 bridgehead atoms. The molecule has 3 aliphatic rings. The van der Waals surface area contributed by atoms with Crippen molar-refractivity contribution in [3.63, 3.8) is 0 Å². The molecule has 4 atom stereocenters. The molecule has 0 radical (unpaired) electrons. The summed E-state index contributed by atoms with van der Waals surface area (Å²) >= 11 is 0. The third-order valence-electron chi connectivity index (χ3n) is 10.5. The molecule has 2 fully saturated rings. The van der Waals surface area contributed by atoms with Gasteiger partial charge >= 0.3 is 6.01 Å². The smallest absolute Gasteiger partial charge is 0.318 e. The van der Waals surface area contributed by atoms with Crippen molar-refractivity contribution < 1.29 is 13.6 Å². The highest BCUT2D eigenvalue weighted by atomic mass is 28.4. The third kappa shape index (κ3) is 6.33. The first kappa shape index (κ1) is 31.2. The number of rotatable bonds is 7. The molecule has 2 aromatic carbocycles. The van der Waals surface area contributed by atoms with E-state index in [4.69, 9.17) is 19.1 Å². The van der Waals surface area contributed by atoms with Crippen LogP contribution in [-0.2, 0) is 12.8 Å². The molecule has 0 spiro atoms. The van der Waals surface area contributed by atoms with Gasteiger partial charge in [-0.1, -0.05) is 45.0 Å². The maximum atomic E-state index is 14.1. The molecular weight excluding hydrogens is 570 g/mol. The Morgan fingerprint density at radius 1 is 1.14 bits per heavy atom. The van der Waals surface area contributed by atoms with Gasteiger partial charge in [-0.05, 0) is 92.2 Å². The number of likely N-dealkylation sites (tertiary alicyclic amines) is 1. The van der Waals surface area contributed by atoms with Crippen molar-refractivity contribution in [2.45, 2.75) is 95.7 Å². The topological polar surface area (TPSA) is 62.8 Å². The Labute approximate surface area is 263 Å². The number of likely N-dealkylation sites (N-methyl/N-ethyl adjacent to an activating group) is 1. The van der Waals surface area contributed by atoms with Crippen LogP contribution in [0.5, 0.6) is 11.8 Å². The van der Waals surface area contributed by atoms with E-state index in [1.54, 1.807) is 0 Å². The van der Waals surface area contributed by atoms with E-state index in [2.05, 4.69) is 87.4 Å². The third-order valence-corrected chi connectivity index (χ3v) is 14.9. The largest absolute Gasteiger partial charge is 0.543 e. The highest BCUT2D eigenvalue weighted by Gasteiger charge is 2.39. The van der Waals surface area contributed by atoms with Crippen LogP contribution in [0.4, 0.5) is 10.2 Å². The fourth-order valence-corrected chi connectivity index (χ4v) is 7.84. The molecule has 0 amide bonds. The summed E-state index contributed by atoms with van der Waals surface area (Å²) in [5.74, 6) is 2.30. The zero-order valence-electron chi connectivity index (χ0n) is 27.6. The number of halogens is 1. The summed E-state index contributed by atoms with van der Waals surface area (Å²) < 4.78 is 27.2. The average Bonchev–Trinajstić information content (AvgIpc) is 3.30. The van der Waals surface area contributed by atoms with Crippen LogP contribution in [0.1, 0.15) is 63.3 Å². The number of piperazine rings is 1. The maximum absolute atomic E-state index is 14.1. The van der Waals surface area contributed by atoms with Crippen LogP contribution in [0.2, 0.25) is 18.1 Å². The van der Waals surface area contributed by atoms with Crippen molar-refractivity contribution in [1.82, 2.24) is 20.2 Å². The number of anilines is 1. The first-order valence-electron chi connectivity index (χ1n) is 16.5. The van der Waals surface area contributed by atoms with Gasteiger partial charge in [0.25, 0.3) is 0 Å². The molecule has 2 aliphatic heterocycles. The van der Waals surface area contributed by atoms with Gasteiger partial charge < -0.3 is 19.4 Å². The Balaban J connectivity index is 1.35. The first-order valence-corrected chi connectivity index (χ1v) is 19.4. The number of alkyl halides is 1. The van der Waals surface area contributed by atoms with E-state index < -0.39 is 14.5 Å². The van der Waals surface area contributed by atoms with E-state index >= 15 is 0 Å². The number of nitrogens with zero attached hydrogens (tertiary/aromatic N) is 4. The monoisotopic (exact) mass is 619 g/mol. The molecule has 1 N–H and O–H groups in total. The standard InChI is InChI=1S/C35H50FN5O2Si/c1-23-20-37-14-15-41(23)33-30-13-12-25(17-32(30)38-34(39-33)42-22-27-18-26(36)21-40(27)5)31-19-28(43-44(6,7)35(2,3)4)16-24-10-8-9-11-29(24)31/h8-11,16,19,23,25-27,37H,12-15,17-18,20-22H2,1-7H3/t23-,25?,26-,27-/m0/s1. The van der Waals surface area contributed by atoms with E-state index in [1.807, 2.05) is 11.9 Å². The Kier molecular flexibility index (Phi) is 8.67. The molecule has 1 unspecified atom stereocenters. The molecule has 2 saturated heterocycles. The molecule has 1 aliphatic carbocycles. The zero-order valence-corrected chi connectivity index (χ0v) is 28.6. The molecule has 9 heteroatoms. The lowest BCUT2D eigenvalue weighted by molar-refractivity contribution is 0.187. The van der Waals surface area contributed by atoms with Gasteiger partial charge in [0.15, 0.2) is 0 Å². The summed E-state index contributed by atoms with van der Waals surface area (Å²) in [6.07, 6.45) is 2.46. The van der Waals surface area contributed by atoms with E-state index in [0.717, 1.165) is 56.2 Å². The zero-order chi connectivity index (χ0) is 31.2. The van der Waals surface area contributed by atoms with Gasteiger partial charge in [-0.3, -0.25) is 4.90 Å². The highest BCUT2D eigenvalue weighted by molar-refractivity contribution is 6.74. The van der Waals surface area contributed by atoms with Crippen molar-refractivity contribution in [1.29, 1.82) is 0 Å². The molecule has 3 heterocycles. The van der Waals surface area contributed by atoms with Crippen LogP contribution in [0.3, 0.4) is 0 Å². The Morgan fingerprint density at radius 2 is 1.93 bits per heavy atom. The van der Waals surface area contributed by atoms with Gasteiger partial charge in [-0.15, -0.1) is 0 Å². The van der Waals surface area contributed by atoms with Crippen molar-refractivity contribution in [2.24, 2.45) is 0 Å². The van der Waals surface area contributed by atoms with Crippen molar-refractivity contribution in [3.8, 4) is 11.8 Å². The normalized spacial score (nSPS) is 24.9. The molecule has 3 aromatic rings. The van der Waals surface area contributed by atoms with Gasteiger partial charge in [0.1, 0.15) is 24.3 Å². The molecule has 0 saturated carbocycles. The van der Waals surface area contributed by atoms with Crippen LogP contribution in [-0.4, -0.2) is 81.3 Å². The Hall–Kier alpha value is -2.75. The lowest BCUT2D eigenvalue weighted by Gasteiger charge is -2.38. The summed E-state index contributed by atoms with van der Waals surface area (Å²) in [4.78, 5) is 14.6. The van der Waals surface area contributed by atoms with Crippen molar-refractivity contribution in [2.75, 3.05) is 44.7 Å². The first-order chi connectivity index (χ1) is 20.9. The predicted octanol–water partition coefficient (Wildman–Crippen LogP) is 6.51. The maximum Gasteiger partial charge on any atom is 0.318 e. The number of benzene rings is 2. The van der Waals surface area contributed by atoms with Crippen LogP contribution >= 0.6 is 0 Å². The fraction of sp³-hybridized carbons (Fsp3) is 0.600. The molecule has 7 nitrogen and oxygen atoms in total. The predicted molar refractivity (Wildman–Crippen MR) is 180 cm³/mol. The molecular formula is C35H50FN5O2Si. The summed E-state index contributed by atoms with van der Waals surface area (Å²) in [6.45, 7) is 17.3. The second-order valence-electron chi connectivity index (χ2n) is 14.8. The summed E-state index contributed by atoms with van der Waals surface area (Å²) in [5.41, 5.74) is 3.67. The van der Waals surface area contributed by atoms with Crippen molar-refractivity contribution >= 4 is 24.9 Å². The Bertz CT molecular complexity index is 1490. The Morgan fingerprint density at radius 3 is 2.66 bits per heavy atom. The number of hydrogen-bond acceptors (Lipinski definition) is 7. The van der Waals surface area contributed by atoms with Crippen LogP contribution in [0.25, 0.3) is 10.8 Å².